The van der Waals surface area contributed by atoms with Gasteiger partial charge in [0.2, 0.25) is 17.7 Å². The molecule has 0 unspecified atom stereocenters. The fourth-order valence-corrected chi connectivity index (χ4v) is 9.59. The maximum Gasteiger partial charge on any atom is 0.410 e. The van der Waals surface area contributed by atoms with E-state index in [2.05, 4.69) is 53.2 Å². The van der Waals surface area contributed by atoms with Gasteiger partial charge in [0.25, 0.3) is 5.91 Å². The van der Waals surface area contributed by atoms with Gasteiger partial charge >= 0.3 is 12.1 Å². The van der Waals surface area contributed by atoms with Crippen LogP contribution in [-0.4, -0.2) is 149 Å². The number of carbonyl (C=O) groups is 6. The molecule has 0 aliphatic carbocycles. The van der Waals surface area contributed by atoms with E-state index in [9.17, 15) is 33.9 Å². The van der Waals surface area contributed by atoms with E-state index < -0.39 is 71.2 Å². The van der Waals surface area contributed by atoms with Crippen molar-refractivity contribution in [3.05, 3.63) is 71.5 Å². The maximum absolute atomic E-state index is 14.7. The number of cyclic esters (lactones) is 1. The number of methoxy groups -OCH3 is 2. The Balaban J connectivity index is 1.26. The molecular weight excluding hydrogens is 873 g/mol. The molecule has 0 radical (unpaired) electrons. The second kappa shape index (κ2) is 20.4. The summed E-state index contributed by atoms with van der Waals surface area (Å²) in [6.07, 6.45) is 4.34. The highest BCUT2D eigenvalue weighted by Crippen LogP contribution is 2.41. The Kier molecular flexibility index (Phi) is 14.8. The Hall–Kier alpha value is -6.53. The van der Waals surface area contributed by atoms with Crippen LogP contribution >= 0.6 is 0 Å². The number of aromatic hydroxyl groups is 1. The summed E-state index contributed by atoms with van der Waals surface area (Å²) in [6.45, 7) is 10.9. The molecule has 4 atom stereocenters. The van der Waals surface area contributed by atoms with E-state index in [0.29, 0.717) is 43.5 Å². The van der Waals surface area contributed by atoms with E-state index in [1.807, 2.05) is 24.4 Å². The molecule has 18 nitrogen and oxygen atoms in total. The van der Waals surface area contributed by atoms with Gasteiger partial charge in [-0.1, -0.05) is 39.8 Å². The van der Waals surface area contributed by atoms with Crippen LogP contribution in [0.25, 0.3) is 33.3 Å². The monoisotopic (exact) mass is 936 g/mol. The zero-order chi connectivity index (χ0) is 49.2. The molecule has 2 fully saturated rings. The highest BCUT2D eigenvalue weighted by atomic mass is 16.5. The van der Waals surface area contributed by atoms with Crippen LogP contribution in [0.1, 0.15) is 64.2 Å². The van der Waals surface area contributed by atoms with Gasteiger partial charge in [0, 0.05) is 75.0 Å². The van der Waals surface area contributed by atoms with Gasteiger partial charge in [-0.2, -0.15) is 0 Å². The standard InChI is InChI=1S/C50H64N8O10/c1-10-56-40-14-13-31-22-35(40)36(44(56)37-24-51-16-15-32(37)27-66-8)23-50(4,5)28-68-48(64)38-12-11-17-58(53-38)46(62)39(20-30-18-33(31)21-34(59)19-30)52-45(61)43(29(2)3)55(7)42(60)26-54(6)47(63)41-25-57(41)49(65)67-9/h13-16,18-19,21-22,24,29,38-39,41,43,53,59H,10-12,17,20,23,25-28H2,1-9H3,(H,52,61)/t38-,39-,41+,43-,57?/m0/s1. The highest BCUT2D eigenvalue weighted by Gasteiger charge is 2.47. The average molecular weight is 937 g/mol. The number of aryl methyl sites for hydroxylation is 1. The SMILES string of the molecule is CCn1c(-c2cnccc2COC)c2c3cc(ccc31)-c1cc(O)cc(c1)C[C@H](NC(=O)[C@H](C(C)C)N(C)C(=O)CN(C)C(=O)[C@H]1CN1C(=O)OC)C(=O)N1CCC[C@H](N1)C(=O)OCC(C)(C)C2. The summed E-state index contributed by atoms with van der Waals surface area (Å²) in [6, 6.07) is 9.36. The number of benzene rings is 2. The van der Waals surface area contributed by atoms with Crippen LogP contribution < -0.4 is 10.7 Å². The molecule has 364 valence electrons. The molecule has 2 aromatic heterocycles. The van der Waals surface area contributed by atoms with Crippen LogP contribution in [0, 0.1) is 11.3 Å². The maximum atomic E-state index is 14.7. The molecule has 0 saturated carbocycles. The fourth-order valence-electron chi connectivity index (χ4n) is 9.59. The number of rotatable bonds is 11. The molecule has 68 heavy (non-hydrogen) atoms. The lowest BCUT2D eigenvalue weighted by atomic mass is 9.84. The lowest BCUT2D eigenvalue weighted by Crippen LogP contribution is -2.62. The van der Waals surface area contributed by atoms with Gasteiger partial charge in [0.15, 0.2) is 0 Å². The Morgan fingerprint density at radius 3 is 2.53 bits per heavy atom. The van der Waals surface area contributed by atoms with E-state index >= 15 is 0 Å². The molecule has 7 rings (SSSR count). The van der Waals surface area contributed by atoms with Crippen molar-refractivity contribution in [2.45, 2.75) is 97.6 Å². The first-order valence-electron chi connectivity index (χ1n) is 23.2. The van der Waals surface area contributed by atoms with Crippen LogP contribution in [0.4, 0.5) is 4.79 Å². The predicted octanol–water partition coefficient (Wildman–Crippen LogP) is 4.28. The Labute approximate surface area is 396 Å². The van der Waals surface area contributed by atoms with Crippen LogP contribution in [0.2, 0.25) is 0 Å². The molecule has 6 bridgehead atoms. The van der Waals surface area contributed by atoms with Crippen LogP contribution in [0.15, 0.2) is 54.9 Å². The number of esters is 1. The summed E-state index contributed by atoms with van der Waals surface area (Å²) in [7, 11) is 5.80. The number of hydrogen-bond acceptors (Lipinski definition) is 12. The Morgan fingerprint density at radius 2 is 1.82 bits per heavy atom. The van der Waals surface area contributed by atoms with E-state index in [4.69, 9.17) is 14.2 Å². The number of phenols is 1. The van der Waals surface area contributed by atoms with Crippen molar-refractivity contribution in [2.75, 3.05) is 54.6 Å². The first kappa shape index (κ1) is 49.4. The largest absolute Gasteiger partial charge is 0.508 e. The van der Waals surface area contributed by atoms with Crippen molar-refractivity contribution in [3.63, 3.8) is 0 Å². The highest BCUT2D eigenvalue weighted by molar-refractivity contribution is 5.97. The summed E-state index contributed by atoms with van der Waals surface area (Å²) in [5.74, 6) is -3.10. The normalized spacial score (nSPS) is 19.8. The quantitative estimate of drug-likeness (QED) is 0.143. The smallest absolute Gasteiger partial charge is 0.410 e. The van der Waals surface area contributed by atoms with Gasteiger partial charge in [-0.15, -0.1) is 0 Å². The number of amides is 5. The van der Waals surface area contributed by atoms with E-state index in [0.717, 1.165) is 38.9 Å². The third kappa shape index (κ3) is 10.5. The second-order valence-electron chi connectivity index (χ2n) is 19.2. The van der Waals surface area contributed by atoms with Crippen molar-refractivity contribution < 1.29 is 48.1 Å². The number of nitrogens with one attached hydrogen (secondary N) is 2. The summed E-state index contributed by atoms with van der Waals surface area (Å²) >= 11 is 0. The number of phenolic OH excluding ortho intramolecular Hbond substituents is 1. The molecule has 18 heteroatoms. The predicted molar refractivity (Wildman–Crippen MR) is 253 cm³/mol. The topological polar surface area (TPSA) is 205 Å². The van der Waals surface area contributed by atoms with Gasteiger partial charge in [-0.3, -0.25) is 38.9 Å². The molecule has 5 heterocycles. The number of hydrogen-bond donors (Lipinski definition) is 3. The number of hydrazine groups is 1. The summed E-state index contributed by atoms with van der Waals surface area (Å²) < 4.78 is 18.7. The van der Waals surface area contributed by atoms with Gasteiger partial charge in [0.05, 0.1) is 39.1 Å². The lowest BCUT2D eigenvalue weighted by Gasteiger charge is -2.37. The number of nitrogens with zero attached hydrogens (tertiary/aromatic N) is 6. The third-order valence-electron chi connectivity index (χ3n) is 13.1. The molecule has 3 N–H and O–H groups in total. The van der Waals surface area contributed by atoms with Crippen molar-refractivity contribution >= 4 is 46.6 Å². The molecular formula is C50H64N8O10. The minimum absolute atomic E-state index is 0.0406. The van der Waals surface area contributed by atoms with Gasteiger partial charge in [-0.05, 0) is 90.3 Å². The zero-order valence-corrected chi connectivity index (χ0v) is 40.5. The Morgan fingerprint density at radius 1 is 1.06 bits per heavy atom. The molecule has 2 saturated heterocycles. The molecule has 3 aliphatic heterocycles. The Bertz CT molecular complexity index is 2590. The third-order valence-corrected chi connectivity index (χ3v) is 13.1. The van der Waals surface area contributed by atoms with Crippen molar-refractivity contribution in [3.8, 4) is 28.1 Å². The average Bonchev–Trinajstić information content (AvgIpc) is 4.06. The lowest BCUT2D eigenvalue weighted by molar-refractivity contribution is -0.155. The number of aromatic nitrogens is 2. The summed E-state index contributed by atoms with van der Waals surface area (Å²) in [4.78, 5) is 90.0. The van der Waals surface area contributed by atoms with E-state index in [1.54, 1.807) is 39.3 Å². The molecule has 4 aromatic rings. The van der Waals surface area contributed by atoms with Crippen molar-refractivity contribution in [1.82, 2.24) is 40.0 Å². The number of carbonyl (C=O) groups excluding carboxylic acids is 6. The van der Waals surface area contributed by atoms with Crippen LogP contribution in [-0.2, 0) is 64.2 Å². The minimum atomic E-state index is -1.22. The molecule has 0 spiro atoms. The van der Waals surface area contributed by atoms with E-state index in [1.165, 1.54) is 40.9 Å². The summed E-state index contributed by atoms with van der Waals surface area (Å²) in [5.41, 5.74) is 9.51. The fraction of sp³-hybridized carbons (Fsp3) is 0.500. The van der Waals surface area contributed by atoms with Gasteiger partial charge < -0.3 is 39.0 Å². The second-order valence-corrected chi connectivity index (χ2v) is 19.2. The first-order valence-corrected chi connectivity index (χ1v) is 23.2. The molecule has 2 aromatic carbocycles. The minimum Gasteiger partial charge on any atom is -0.508 e. The zero-order valence-electron chi connectivity index (χ0n) is 40.5. The van der Waals surface area contributed by atoms with Crippen LogP contribution in [0.5, 0.6) is 5.75 Å². The molecule has 5 amide bonds. The van der Waals surface area contributed by atoms with Gasteiger partial charge in [0.1, 0.15) is 29.9 Å². The molecule has 3 aliphatic rings. The summed E-state index contributed by atoms with van der Waals surface area (Å²) in [5, 5.41) is 16.6. The number of ether oxygens (including phenoxy) is 3. The van der Waals surface area contributed by atoms with E-state index in [-0.39, 0.29) is 38.4 Å². The van der Waals surface area contributed by atoms with Gasteiger partial charge in [-0.25, -0.2) is 10.2 Å². The number of pyridine rings is 1. The van der Waals surface area contributed by atoms with Crippen molar-refractivity contribution in [1.29, 1.82) is 0 Å². The first-order chi connectivity index (χ1) is 32.4. The van der Waals surface area contributed by atoms with Crippen molar-refractivity contribution in [2.24, 2.45) is 11.3 Å². The van der Waals surface area contributed by atoms with Crippen LogP contribution in [0.3, 0.4) is 0 Å². The number of likely N-dealkylation sites (N-methyl/N-ethyl adjacent to an activating group) is 2. The number of fused-ring (bicyclic) bond motifs is 6.